The van der Waals surface area contributed by atoms with Crippen LogP contribution in [-0.2, 0) is 4.79 Å². The average molecular weight is 260 g/mol. The molecule has 0 aromatic rings. The second-order valence-corrected chi connectivity index (χ2v) is 6.18. The fraction of sp³-hybridized carbons (Fsp3) is 0.923. The van der Waals surface area contributed by atoms with Gasteiger partial charge in [-0.3, -0.25) is 4.79 Å². The predicted octanol–water partition coefficient (Wildman–Crippen LogP) is 2.30. The number of carbonyl (C=O) groups is 1. The van der Waals surface area contributed by atoms with Crippen LogP contribution in [0, 0.1) is 23.7 Å². The minimum absolute atomic E-state index is 0. The molecule has 0 amide bonds. The Bertz CT molecular complexity index is 280. The van der Waals surface area contributed by atoms with Crippen LogP contribution in [0.3, 0.4) is 0 Å². The molecule has 4 fully saturated rings. The van der Waals surface area contributed by atoms with Crippen LogP contribution in [0.5, 0.6) is 0 Å². The van der Waals surface area contributed by atoms with Crippen molar-refractivity contribution in [3.8, 4) is 0 Å². The lowest BCUT2D eigenvalue weighted by atomic mass is 9.54. The van der Waals surface area contributed by atoms with Gasteiger partial charge in [-0.15, -0.1) is 12.4 Å². The molecular formula is C13H22ClNO2. The van der Waals surface area contributed by atoms with Gasteiger partial charge in [0.25, 0.3) is 0 Å². The molecule has 1 unspecified atom stereocenters. The quantitative estimate of drug-likeness (QED) is 0.818. The lowest BCUT2D eigenvalue weighted by Crippen LogP contribution is -2.57. The number of hydrogen-bond donors (Lipinski definition) is 2. The van der Waals surface area contributed by atoms with Crippen LogP contribution in [0.2, 0.25) is 0 Å². The summed E-state index contributed by atoms with van der Waals surface area (Å²) in [6.45, 7) is 1.77. The zero-order valence-electron chi connectivity index (χ0n) is 10.3. The molecule has 4 aliphatic rings. The molecule has 4 saturated carbocycles. The molecule has 0 saturated heterocycles. The third kappa shape index (κ3) is 2.32. The Morgan fingerprint density at radius 2 is 1.59 bits per heavy atom. The van der Waals surface area contributed by atoms with Gasteiger partial charge in [-0.1, -0.05) is 0 Å². The largest absolute Gasteiger partial charge is 0.480 e. The summed E-state index contributed by atoms with van der Waals surface area (Å²) in [4.78, 5) is 10.9. The summed E-state index contributed by atoms with van der Waals surface area (Å²) in [7, 11) is 0. The topological polar surface area (TPSA) is 49.3 Å². The van der Waals surface area contributed by atoms with Crippen LogP contribution in [0.4, 0.5) is 0 Å². The van der Waals surface area contributed by atoms with Crippen LogP contribution in [-0.4, -0.2) is 23.2 Å². The summed E-state index contributed by atoms with van der Waals surface area (Å²) < 4.78 is 0. The normalized spacial score (nSPS) is 44.2. The number of halogens is 1. The van der Waals surface area contributed by atoms with Crippen molar-refractivity contribution in [1.82, 2.24) is 5.32 Å². The van der Waals surface area contributed by atoms with E-state index in [0.717, 1.165) is 23.7 Å². The van der Waals surface area contributed by atoms with Gasteiger partial charge in [-0.05, 0) is 62.7 Å². The fourth-order valence-electron chi connectivity index (χ4n) is 4.56. The van der Waals surface area contributed by atoms with Gasteiger partial charge in [0.1, 0.15) is 6.04 Å². The van der Waals surface area contributed by atoms with Gasteiger partial charge in [-0.2, -0.15) is 0 Å². The number of hydrogen-bond acceptors (Lipinski definition) is 2. The lowest BCUT2D eigenvalue weighted by Gasteiger charge is -2.55. The van der Waals surface area contributed by atoms with E-state index in [1.54, 1.807) is 6.92 Å². The molecule has 4 rings (SSSR count). The lowest BCUT2D eigenvalue weighted by molar-refractivity contribution is -0.140. The SMILES string of the molecule is CC(NC1C2CC3CC(C2)CC1C3)C(=O)O.Cl. The van der Waals surface area contributed by atoms with Crippen molar-refractivity contribution in [3.63, 3.8) is 0 Å². The minimum Gasteiger partial charge on any atom is -0.480 e. The number of carboxylic acids is 1. The van der Waals surface area contributed by atoms with Crippen molar-refractivity contribution < 1.29 is 9.90 Å². The van der Waals surface area contributed by atoms with E-state index in [1.165, 1.54) is 32.1 Å². The maximum atomic E-state index is 10.9. The molecule has 0 aromatic carbocycles. The molecule has 2 N–H and O–H groups in total. The standard InChI is InChI=1S/C13H21NO2.ClH/c1-7(13(15)16)14-12-10-3-8-2-9(5-10)6-11(12)4-8;/h7-12,14H,2-6H2,1H3,(H,15,16);1H. The highest BCUT2D eigenvalue weighted by atomic mass is 35.5. The predicted molar refractivity (Wildman–Crippen MR) is 68.3 cm³/mol. The zero-order chi connectivity index (χ0) is 11.3. The molecule has 4 heteroatoms. The highest BCUT2D eigenvalue weighted by Crippen LogP contribution is 2.53. The fourth-order valence-corrected chi connectivity index (χ4v) is 4.56. The number of carboxylic acid groups (broad SMARTS) is 1. The van der Waals surface area contributed by atoms with Crippen molar-refractivity contribution in [1.29, 1.82) is 0 Å². The Balaban J connectivity index is 0.00000108. The minimum atomic E-state index is -0.714. The summed E-state index contributed by atoms with van der Waals surface area (Å²) in [6, 6.07) is 0.0985. The summed E-state index contributed by atoms with van der Waals surface area (Å²) in [5.41, 5.74) is 0. The Kier molecular flexibility index (Phi) is 3.69. The Labute approximate surface area is 109 Å². The van der Waals surface area contributed by atoms with Crippen molar-refractivity contribution in [3.05, 3.63) is 0 Å². The smallest absolute Gasteiger partial charge is 0.320 e. The van der Waals surface area contributed by atoms with E-state index < -0.39 is 5.97 Å². The molecule has 98 valence electrons. The molecule has 3 nitrogen and oxygen atoms in total. The molecule has 0 heterocycles. The van der Waals surface area contributed by atoms with Crippen LogP contribution >= 0.6 is 12.4 Å². The van der Waals surface area contributed by atoms with Gasteiger partial charge in [-0.25, -0.2) is 0 Å². The summed E-state index contributed by atoms with van der Waals surface area (Å²) in [5, 5.41) is 12.3. The van der Waals surface area contributed by atoms with E-state index in [-0.39, 0.29) is 18.4 Å². The van der Waals surface area contributed by atoms with Gasteiger partial charge in [0.2, 0.25) is 0 Å². The number of aliphatic carboxylic acids is 1. The van der Waals surface area contributed by atoms with E-state index in [2.05, 4.69) is 5.32 Å². The first-order valence-electron chi connectivity index (χ1n) is 6.62. The first-order chi connectivity index (χ1) is 7.63. The van der Waals surface area contributed by atoms with Crippen LogP contribution < -0.4 is 5.32 Å². The van der Waals surface area contributed by atoms with Crippen molar-refractivity contribution in [2.24, 2.45) is 23.7 Å². The molecule has 17 heavy (non-hydrogen) atoms. The third-order valence-electron chi connectivity index (χ3n) is 5.04. The first-order valence-corrected chi connectivity index (χ1v) is 6.62. The van der Waals surface area contributed by atoms with E-state index >= 15 is 0 Å². The highest BCUT2D eigenvalue weighted by Gasteiger charge is 2.48. The molecule has 1 atom stereocenters. The summed E-state index contributed by atoms with van der Waals surface area (Å²) in [5.74, 6) is 2.73. The van der Waals surface area contributed by atoms with E-state index in [4.69, 9.17) is 5.11 Å². The Hall–Kier alpha value is -0.280. The van der Waals surface area contributed by atoms with Gasteiger partial charge in [0, 0.05) is 6.04 Å². The molecule has 0 radical (unpaired) electrons. The Morgan fingerprint density at radius 3 is 2.00 bits per heavy atom. The van der Waals surface area contributed by atoms with Gasteiger partial charge >= 0.3 is 5.97 Å². The van der Waals surface area contributed by atoms with Gasteiger partial charge < -0.3 is 10.4 Å². The highest BCUT2D eigenvalue weighted by molar-refractivity contribution is 5.85. The second kappa shape index (κ2) is 4.77. The van der Waals surface area contributed by atoms with E-state index in [9.17, 15) is 4.79 Å². The van der Waals surface area contributed by atoms with Gasteiger partial charge in [0.05, 0.1) is 0 Å². The molecule has 0 aromatic heterocycles. The second-order valence-electron chi connectivity index (χ2n) is 6.18. The van der Waals surface area contributed by atoms with Crippen LogP contribution in [0.1, 0.15) is 39.0 Å². The monoisotopic (exact) mass is 259 g/mol. The number of nitrogens with one attached hydrogen (secondary N) is 1. The van der Waals surface area contributed by atoms with Crippen molar-refractivity contribution in [2.45, 2.75) is 51.1 Å². The van der Waals surface area contributed by atoms with Crippen molar-refractivity contribution >= 4 is 18.4 Å². The van der Waals surface area contributed by atoms with E-state index in [0.29, 0.717) is 6.04 Å². The molecular weight excluding hydrogens is 238 g/mol. The summed E-state index contributed by atoms with van der Waals surface area (Å²) in [6.07, 6.45) is 6.83. The van der Waals surface area contributed by atoms with Crippen LogP contribution in [0.15, 0.2) is 0 Å². The first kappa shape index (κ1) is 13.2. The van der Waals surface area contributed by atoms with Gasteiger partial charge in [0.15, 0.2) is 0 Å². The molecule has 0 spiro atoms. The maximum absolute atomic E-state index is 10.9. The molecule has 4 aliphatic carbocycles. The third-order valence-corrected chi connectivity index (χ3v) is 5.04. The Morgan fingerprint density at radius 1 is 1.12 bits per heavy atom. The average Bonchev–Trinajstić information content (AvgIpc) is 2.21. The van der Waals surface area contributed by atoms with Crippen LogP contribution in [0.25, 0.3) is 0 Å². The van der Waals surface area contributed by atoms with E-state index in [1.807, 2.05) is 0 Å². The maximum Gasteiger partial charge on any atom is 0.320 e. The zero-order valence-corrected chi connectivity index (χ0v) is 11.1. The number of rotatable bonds is 3. The summed E-state index contributed by atoms with van der Waals surface area (Å²) >= 11 is 0. The van der Waals surface area contributed by atoms with Crippen molar-refractivity contribution in [2.75, 3.05) is 0 Å². The molecule has 4 bridgehead atoms. The molecule has 0 aliphatic heterocycles.